The van der Waals surface area contributed by atoms with Gasteiger partial charge in [-0.25, -0.2) is 0 Å². The molecule has 1 atom stereocenters. The Labute approximate surface area is 429 Å². The maximum absolute atomic E-state index is 12.8. The second-order valence-electron chi connectivity index (χ2n) is 17.4. The van der Waals surface area contributed by atoms with E-state index in [-0.39, 0.29) is 44.0 Å². The first-order valence-electron chi connectivity index (χ1n) is 27.5. The molecule has 0 fully saturated rings. The van der Waals surface area contributed by atoms with Gasteiger partial charge in [-0.15, -0.1) is 0 Å². The van der Waals surface area contributed by atoms with Gasteiger partial charge in [0.1, 0.15) is 13.2 Å². The second kappa shape index (κ2) is 56.6. The number of esters is 3. The van der Waals surface area contributed by atoms with E-state index in [4.69, 9.17) is 14.2 Å². The van der Waals surface area contributed by atoms with Crippen molar-refractivity contribution >= 4 is 17.9 Å². The molecule has 0 saturated carbocycles. The molecule has 70 heavy (non-hydrogen) atoms. The van der Waals surface area contributed by atoms with Crippen LogP contribution in [0.3, 0.4) is 0 Å². The molecular weight excluding hydrogens is 865 g/mol. The lowest BCUT2D eigenvalue weighted by molar-refractivity contribution is -0.167. The molecule has 0 aromatic carbocycles. The number of carbonyl (C=O) groups is 3. The highest BCUT2D eigenvalue weighted by Crippen LogP contribution is 2.11. The molecule has 0 aliphatic rings. The van der Waals surface area contributed by atoms with Crippen molar-refractivity contribution in [3.05, 3.63) is 158 Å². The first-order valence-corrected chi connectivity index (χ1v) is 27.5. The van der Waals surface area contributed by atoms with Crippen molar-refractivity contribution < 1.29 is 28.6 Å². The van der Waals surface area contributed by atoms with Crippen molar-refractivity contribution in [3.63, 3.8) is 0 Å². The molecule has 0 saturated heterocycles. The lowest BCUT2D eigenvalue weighted by Gasteiger charge is -2.18. The molecule has 0 heterocycles. The van der Waals surface area contributed by atoms with Crippen molar-refractivity contribution in [1.82, 2.24) is 0 Å². The Bertz CT molecular complexity index is 1620. The first kappa shape index (κ1) is 65.0. The third-order valence-electron chi connectivity index (χ3n) is 10.7. The standard InChI is InChI=1S/C64H98O6/c1-4-7-10-13-16-19-22-24-26-28-30-31-32-33-35-36-38-40-42-45-48-51-54-57-63(66)69-60-61(59-68-62(65)56-53-50-47-44-21-18-15-12-9-6-3)70-64(67)58-55-52-49-46-43-41-39-37-34-29-27-25-23-20-17-14-11-8-5-2/h7-8,10-12,15-17,19-20,24-27,30-31,33-35,37-38,40-41,43,45,48,61H,4-6,9,13-14,18,21-23,28-29,32,36,39,42,44,46-47,49-60H2,1-3H3/b10-7-,11-8-,15-12-,19-16-,20-17-,26-24-,27-25-,31-30-,35-33-,37-34-,40-38-,43-41-,48-45-. The fraction of sp³-hybridized carbons (Fsp3) is 0.547. The molecule has 0 radical (unpaired) electrons. The molecule has 1 unspecified atom stereocenters. The molecule has 0 aliphatic heterocycles. The second-order valence-corrected chi connectivity index (χ2v) is 17.4. The smallest absolute Gasteiger partial charge is 0.306 e. The van der Waals surface area contributed by atoms with Crippen molar-refractivity contribution in [2.45, 2.75) is 213 Å². The SMILES string of the molecule is CC/C=C\C/C=C\C/C=C\C/C=C\C/C=C\C/C=C\C/C=C\CCCC(=O)OCC(COC(=O)CCCCCCC/C=C\CCC)OC(=O)CCCCC/C=C\C/C=C\C/C=C\C/C=C\C/C=C\CC. The maximum atomic E-state index is 12.8. The van der Waals surface area contributed by atoms with E-state index in [9.17, 15) is 14.4 Å². The van der Waals surface area contributed by atoms with E-state index in [0.717, 1.165) is 141 Å². The Morgan fingerprint density at radius 1 is 0.300 bits per heavy atom. The van der Waals surface area contributed by atoms with Gasteiger partial charge in [0.15, 0.2) is 6.10 Å². The predicted molar refractivity (Wildman–Crippen MR) is 302 cm³/mol. The molecule has 0 spiro atoms. The number of carbonyl (C=O) groups excluding carboxylic acids is 3. The Morgan fingerprint density at radius 2 is 0.571 bits per heavy atom. The van der Waals surface area contributed by atoms with Crippen LogP contribution in [0.4, 0.5) is 0 Å². The number of ether oxygens (including phenoxy) is 3. The number of allylic oxidation sites excluding steroid dienone is 26. The molecule has 0 rings (SSSR count). The van der Waals surface area contributed by atoms with Crippen LogP contribution in [0, 0.1) is 0 Å². The van der Waals surface area contributed by atoms with E-state index < -0.39 is 6.10 Å². The predicted octanol–water partition coefficient (Wildman–Crippen LogP) is 18.6. The van der Waals surface area contributed by atoms with Gasteiger partial charge >= 0.3 is 17.9 Å². The summed E-state index contributed by atoms with van der Waals surface area (Å²) in [4.78, 5) is 38.0. The Hall–Kier alpha value is -4.97. The fourth-order valence-electron chi connectivity index (χ4n) is 6.69. The minimum atomic E-state index is -0.830. The Balaban J connectivity index is 4.53. The van der Waals surface area contributed by atoms with Crippen LogP contribution in [-0.4, -0.2) is 37.2 Å². The summed E-state index contributed by atoms with van der Waals surface area (Å²) in [6, 6.07) is 0. The van der Waals surface area contributed by atoms with Crippen LogP contribution in [0.5, 0.6) is 0 Å². The molecule has 0 aromatic rings. The van der Waals surface area contributed by atoms with E-state index in [2.05, 4.69) is 179 Å². The van der Waals surface area contributed by atoms with Crippen LogP contribution in [0.2, 0.25) is 0 Å². The van der Waals surface area contributed by atoms with Crippen molar-refractivity contribution in [2.24, 2.45) is 0 Å². The number of unbranched alkanes of at least 4 members (excludes halogenated alkanes) is 10. The van der Waals surface area contributed by atoms with Crippen molar-refractivity contribution in [3.8, 4) is 0 Å². The molecular formula is C64H98O6. The minimum Gasteiger partial charge on any atom is -0.462 e. The monoisotopic (exact) mass is 963 g/mol. The van der Waals surface area contributed by atoms with Crippen LogP contribution in [-0.2, 0) is 28.6 Å². The van der Waals surface area contributed by atoms with Crippen molar-refractivity contribution in [1.29, 1.82) is 0 Å². The Morgan fingerprint density at radius 3 is 0.957 bits per heavy atom. The average molecular weight is 963 g/mol. The number of hydrogen-bond acceptors (Lipinski definition) is 6. The van der Waals surface area contributed by atoms with E-state index in [1.807, 2.05) is 0 Å². The summed E-state index contributed by atoms with van der Waals surface area (Å²) >= 11 is 0. The van der Waals surface area contributed by atoms with Gasteiger partial charge in [-0.05, 0) is 135 Å². The zero-order valence-electron chi connectivity index (χ0n) is 44.5. The van der Waals surface area contributed by atoms with E-state index >= 15 is 0 Å². The number of hydrogen-bond donors (Lipinski definition) is 0. The maximum Gasteiger partial charge on any atom is 0.306 e. The van der Waals surface area contributed by atoms with Gasteiger partial charge in [-0.1, -0.05) is 211 Å². The average Bonchev–Trinajstić information content (AvgIpc) is 3.36. The van der Waals surface area contributed by atoms with Gasteiger partial charge in [-0.3, -0.25) is 14.4 Å². The third-order valence-corrected chi connectivity index (χ3v) is 10.7. The van der Waals surface area contributed by atoms with Gasteiger partial charge in [0, 0.05) is 19.3 Å². The van der Waals surface area contributed by atoms with Crippen LogP contribution < -0.4 is 0 Å². The van der Waals surface area contributed by atoms with E-state index in [0.29, 0.717) is 19.3 Å². The number of rotatable bonds is 47. The zero-order valence-corrected chi connectivity index (χ0v) is 44.5. The largest absolute Gasteiger partial charge is 0.462 e. The molecule has 390 valence electrons. The molecule has 0 aliphatic carbocycles. The highest BCUT2D eigenvalue weighted by atomic mass is 16.6. The van der Waals surface area contributed by atoms with Crippen LogP contribution in [0.15, 0.2) is 158 Å². The lowest BCUT2D eigenvalue weighted by Crippen LogP contribution is -2.30. The van der Waals surface area contributed by atoms with Gasteiger partial charge in [0.25, 0.3) is 0 Å². The molecule has 0 bridgehead atoms. The summed E-state index contributed by atoms with van der Waals surface area (Å²) in [5.74, 6) is -1.04. The van der Waals surface area contributed by atoms with Crippen LogP contribution >= 0.6 is 0 Å². The van der Waals surface area contributed by atoms with Gasteiger partial charge in [0.2, 0.25) is 0 Å². The molecule has 6 heteroatoms. The zero-order chi connectivity index (χ0) is 50.7. The van der Waals surface area contributed by atoms with Crippen molar-refractivity contribution in [2.75, 3.05) is 13.2 Å². The van der Waals surface area contributed by atoms with Gasteiger partial charge in [0.05, 0.1) is 0 Å². The van der Waals surface area contributed by atoms with Gasteiger partial charge < -0.3 is 14.2 Å². The Kier molecular flexibility index (Phi) is 52.6. The topological polar surface area (TPSA) is 78.9 Å². The summed E-state index contributed by atoms with van der Waals surface area (Å²) in [7, 11) is 0. The molecule has 0 N–H and O–H groups in total. The highest BCUT2D eigenvalue weighted by Gasteiger charge is 2.19. The molecule has 6 nitrogen and oxygen atoms in total. The quantitative estimate of drug-likeness (QED) is 0.0262. The van der Waals surface area contributed by atoms with Gasteiger partial charge in [-0.2, -0.15) is 0 Å². The fourth-order valence-corrected chi connectivity index (χ4v) is 6.69. The summed E-state index contributed by atoms with van der Waals surface area (Å²) in [6.45, 7) is 6.24. The highest BCUT2D eigenvalue weighted by molar-refractivity contribution is 5.71. The summed E-state index contributed by atoms with van der Waals surface area (Å²) in [5.41, 5.74) is 0. The molecule has 0 amide bonds. The summed E-state index contributed by atoms with van der Waals surface area (Å²) in [5, 5.41) is 0. The van der Waals surface area contributed by atoms with E-state index in [1.54, 1.807) is 0 Å². The van der Waals surface area contributed by atoms with E-state index in [1.165, 1.54) is 12.8 Å². The third kappa shape index (κ3) is 54.0. The lowest BCUT2D eigenvalue weighted by atomic mass is 10.1. The first-order chi connectivity index (χ1) is 34.5. The van der Waals surface area contributed by atoms with Crippen LogP contribution in [0.1, 0.15) is 207 Å². The normalized spacial score (nSPS) is 13.4. The minimum absolute atomic E-state index is 0.122. The van der Waals surface area contributed by atoms with Crippen LogP contribution in [0.25, 0.3) is 0 Å². The molecule has 0 aromatic heterocycles. The summed E-state index contributed by atoms with van der Waals surface area (Å²) < 4.78 is 16.7. The summed E-state index contributed by atoms with van der Waals surface area (Å²) in [6.07, 6.45) is 82.4.